The maximum atomic E-state index is 13.1. The Bertz CT molecular complexity index is 913. The highest BCUT2D eigenvalue weighted by molar-refractivity contribution is 6.04. The zero-order valence-electron chi connectivity index (χ0n) is 12.1. The van der Waals surface area contributed by atoms with Crippen LogP contribution in [0.3, 0.4) is 0 Å². The van der Waals surface area contributed by atoms with Gasteiger partial charge in [0.15, 0.2) is 5.65 Å². The van der Waals surface area contributed by atoms with Gasteiger partial charge in [0.2, 0.25) is 0 Å². The van der Waals surface area contributed by atoms with Crippen molar-refractivity contribution < 1.29 is 14.0 Å². The number of fused-ring (bicyclic) bond motifs is 1. The fourth-order valence-corrected chi connectivity index (χ4v) is 2.01. The van der Waals surface area contributed by atoms with E-state index < -0.39 is 17.6 Å². The molecule has 3 rings (SSSR count). The van der Waals surface area contributed by atoms with Gasteiger partial charge >= 0.3 is 0 Å². The smallest absolute Gasteiger partial charge is 0.270 e. The lowest BCUT2D eigenvalue weighted by molar-refractivity contribution is 0.0954. The van der Waals surface area contributed by atoms with Crippen molar-refractivity contribution in [3.8, 4) is 0 Å². The van der Waals surface area contributed by atoms with Gasteiger partial charge in [0.05, 0.1) is 24.3 Å². The van der Waals surface area contributed by atoms with Gasteiger partial charge in [-0.1, -0.05) is 6.07 Å². The largest absolute Gasteiger partial charge is 0.319 e. The van der Waals surface area contributed by atoms with E-state index >= 15 is 0 Å². The van der Waals surface area contributed by atoms with Gasteiger partial charge in [-0.2, -0.15) is 5.10 Å². The Hall–Kier alpha value is -3.04. The highest BCUT2D eigenvalue weighted by Crippen LogP contribution is 2.13. The molecule has 24 heavy (non-hydrogen) atoms. The first kappa shape index (κ1) is 17.3. The molecule has 0 radical (unpaired) electrons. The summed E-state index contributed by atoms with van der Waals surface area (Å²) >= 11 is 0. The zero-order valence-corrected chi connectivity index (χ0v) is 12.9. The first-order valence-corrected chi connectivity index (χ1v) is 6.50. The molecule has 1 aromatic carbocycles. The third kappa shape index (κ3) is 3.31. The quantitative estimate of drug-likeness (QED) is 0.372. The fourth-order valence-electron chi connectivity index (χ4n) is 2.01. The fraction of sp³-hybridized carbons (Fsp3) is 0. The van der Waals surface area contributed by atoms with E-state index in [1.807, 2.05) is 5.43 Å². The third-order valence-corrected chi connectivity index (χ3v) is 3.08. The molecule has 0 atom stereocenters. The molecule has 0 aliphatic heterocycles. The van der Waals surface area contributed by atoms with Crippen molar-refractivity contribution >= 4 is 35.6 Å². The van der Waals surface area contributed by atoms with Crippen molar-refractivity contribution in [2.24, 2.45) is 5.84 Å². The van der Waals surface area contributed by atoms with Gasteiger partial charge in [-0.3, -0.25) is 15.0 Å². The van der Waals surface area contributed by atoms with Crippen molar-refractivity contribution in [2.75, 3.05) is 5.32 Å². The van der Waals surface area contributed by atoms with Gasteiger partial charge in [0.1, 0.15) is 11.4 Å². The molecule has 2 aromatic heterocycles. The summed E-state index contributed by atoms with van der Waals surface area (Å²) in [6, 6.07) is 5.30. The number of halogens is 2. The van der Waals surface area contributed by atoms with Crippen LogP contribution in [0.15, 0.2) is 42.9 Å². The summed E-state index contributed by atoms with van der Waals surface area (Å²) in [6.45, 7) is 0. The van der Waals surface area contributed by atoms with E-state index in [9.17, 15) is 14.0 Å². The first-order chi connectivity index (χ1) is 11.1. The van der Waals surface area contributed by atoms with Crippen LogP contribution in [-0.2, 0) is 0 Å². The predicted octanol–water partition coefficient (Wildman–Crippen LogP) is 1.15. The average molecular weight is 351 g/mol. The van der Waals surface area contributed by atoms with Crippen LogP contribution in [0.4, 0.5) is 10.1 Å². The van der Waals surface area contributed by atoms with Gasteiger partial charge < -0.3 is 5.32 Å². The van der Waals surface area contributed by atoms with Crippen LogP contribution in [0.25, 0.3) is 5.65 Å². The van der Waals surface area contributed by atoms with E-state index in [1.165, 1.54) is 41.3 Å². The number of hydrogen-bond acceptors (Lipinski definition) is 5. The Morgan fingerprint density at radius 1 is 1.21 bits per heavy atom. The number of amides is 2. The van der Waals surface area contributed by atoms with Crippen molar-refractivity contribution in [2.45, 2.75) is 0 Å². The minimum absolute atomic E-state index is 0. The van der Waals surface area contributed by atoms with E-state index in [4.69, 9.17) is 5.84 Å². The Labute approximate surface area is 141 Å². The molecule has 0 aliphatic rings. The second kappa shape index (κ2) is 7.02. The molecule has 0 spiro atoms. The first-order valence-electron chi connectivity index (χ1n) is 6.50. The number of nitrogens with two attached hydrogens (primary N) is 1. The van der Waals surface area contributed by atoms with Gasteiger partial charge in [-0.25, -0.2) is 19.7 Å². The molecule has 2 amide bonds. The Morgan fingerprint density at radius 2 is 2.00 bits per heavy atom. The number of rotatable bonds is 3. The average Bonchev–Trinajstić information content (AvgIpc) is 2.97. The second-order valence-corrected chi connectivity index (χ2v) is 4.61. The van der Waals surface area contributed by atoms with Gasteiger partial charge in [0, 0.05) is 5.56 Å². The van der Waals surface area contributed by atoms with Crippen molar-refractivity contribution in [1.29, 1.82) is 0 Å². The van der Waals surface area contributed by atoms with Crippen LogP contribution >= 0.6 is 12.4 Å². The minimum atomic E-state index is -0.524. The molecule has 0 saturated carbocycles. The molecule has 10 heteroatoms. The summed E-state index contributed by atoms with van der Waals surface area (Å²) in [5, 5.41) is 6.54. The maximum Gasteiger partial charge on any atom is 0.270 e. The highest BCUT2D eigenvalue weighted by Gasteiger charge is 2.14. The molecular weight excluding hydrogens is 339 g/mol. The Balaban J connectivity index is 0.00000208. The number of nitrogens with zero attached hydrogens (tertiary/aromatic N) is 3. The standard InChI is InChI=1S/C14H11FN6O2.ClH/c15-9-3-1-2-8(4-9)13(22)19-10-5-17-12-11(14(23)20-16)6-18-21(12)7-10;/h1-7H,16H2,(H,19,22)(H,20,23);1H. The van der Waals surface area contributed by atoms with Gasteiger partial charge in [-0.05, 0) is 18.2 Å². The molecule has 0 unspecified atom stereocenters. The van der Waals surface area contributed by atoms with E-state index in [-0.39, 0.29) is 29.2 Å². The number of aromatic nitrogens is 3. The lowest BCUT2D eigenvalue weighted by Gasteiger charge is -2.05. The van der Waals surface area contributed by atoms with Gasteiger partial charge in [-0.15, -0.1) is 12.4 Å². The van der Waals surface area contributed by atoms with E-state index in [0.717, 1.165) is 6.07 Å². The third-order valence-electron chi connectivity index (χ3n) is 3.08. The number of anilines is 1. The number of nitrogen functional groups attached to an aromatic ring is 1. The van der Waals surface area contributed by atoms with Crippen LogP contribution in [0.1, 0.15) is 20.7 Å². The van der Waals surface area contributed by atoms with Crippen molar-refractivity contribution in [3.63, 3.8) is 0 Å². The molecule has 124 valence electrons. The number of hydrazine groups is 1. The minimum Gasteiger partial charge on any atom is -0.319 e. The van der Waals surface area contributed by atoms with Crippen LogP contribution < -0.4 is 16.6 Å². The number of nitrogens with one attached hydrogen (secondary N) is 2. The Morgan fingerprint density at radius 3 is 2.71 bits per heavy atom. The summed E-state index contributed by atoms with van der Waals surface area (Å²) in [5.74, 6) is 3.56. The van der Waals surface area contributed by atoms with Crippen LogP contribution in [0.2, 0.25) is 0 Å². The van der Waals surface area contributed by atoms with Crippen molar-refractivity contribution in [1.82, 2.24) is 20.0 Å². The molecular formula is C14H12ClFN6O2. The van der Waals surface area contributed by atoms with E-state index in [0.29, 0.717) is 5.69 Å². The molecule has 2 heterocycles. The number of hydrogen-bond donors (Lipinski definition) is 3. The summed E-state index contributed by atoms with van der Waals surface area (Å²) in [7, 11) is 0. The normalized spacial score (nSPS) is 10.1. The summed E-state index contributed by atoms with van der Waals surface area (Å²) in [6.07, 6.45) is 4.15. The van der Waals surface area contributed by atoms with Crippen LogP contribution in [0, 0.1) is 5.82 Å². The monoisotopic (exact) mass is 350 g/mol. The van der Waals surface area contributed by atoms with E-state index in [2.05, 4.69) is 15.4 Å². The van der Waals surface area contributed by atoms with Gasteiger partial charge in [0.25, 0.3) is 11.8 Å². The molecule has 3 aromatic rings. The maximum absolute atomic E-state index is 13.1. The van der Waals surface area contributed by atoms with E-state index in [1.54, 1.807) is 0 Å². The zero-order chi connectivity index (χ0) is 16.4. The van der Waals surface area contributed by atoms with Crippen LogP contribution in [-0.4, -0.2) is 26.4 Å². The highest BCUT2D eigenvalue weighted by atomic mass is 35.5. The summed E-state index contributed by atoms with van der Waals surface area (Å²) in [4.78, 5) is 27.6. The molecule has 0 bridgehead atoms. The molecule has 0 aliphatic carbocycles. The van der Waals surface area contributed by atoms with Crippen LogP contribution in [0.5, 0.6) is 0 Å². The molecule has 0 saturated heterocycles. The summed E-state index contributed by atoms with van der Waals surface area (Å²) in [5.41, 5.74) is 3.01. The number of benzene rings is 1. The lowest BCUT2D eigenvalue weighted by atomic mass is 10.2. The van der Waals surface area contributed by atoms with Crippen molar-refractivity contribution in [3.05, 3.63) is 59.8 Å². The molecule has 4 N–H and O–H groups in total. The summed E-state index contributed by atoms with van der Waals surface area (Å²) < 4.78 is 14.5. The molecule has 8 nitrogen and oxygen atoms in total. The number of carbonyl (C=O) groups excluding carboxylic acids is 2. The lowest BCUT2D eigenvalue weighted by Crippen LogP contribution is -2.29. The second-order valence-electron chi connectivity index (χ2n) is 4.61. The SMILES string of the molecule is Cl.NNC(=O)c1cnn2cc(NC(=O)c3cccc(F)c3)cnc12. The molecule has 0 fully saturated rings. The number of carbonyl (C=O) groups is 2. The topological polar surface area (TPSA) is 114 Å². The predicted molar refractivity (Wildman–Crippen MR) is 86.2 cm³/mol. The Kier molecular flexibility index (Phi) is 5.07.